The third kappa shape index (κ3) is 3.48. The van der Waals surface area contributed by atoms with Crippen molar-refractivity contribution in [2.45, 2.75) is 20.5 Å². The summed E-state index contributed by atoms with van der Waals surface area (Å²) in [5.74, 6) is 1.49. The predicted molar refractivity (Wildman–Crippen MR) is 74.9 cm³/mol. The van der Waals surface area contributed by atoms with Gasteiger partial charge in [-0.15, -0.1) is 0 Å². The van der Waals surface area contributed by atoms with Crippen molar-refractivity contribution in [1.29, 1.82) is 0 Å². The van der Waals surface area contributed by atoms with Crippen molar-refractivity contribution in [2.24, 2.45) is 0 Å². The minimum Gasteiger partial charge on any atom is -0.377 e. The molecule has 0 atom stereocenters. The molecule has 2 aromatic rings. The van der Waals surface area contributed by atoms with Crippen LogP contribution in [0.25, 0.3) is 11.3 Å². The second-order valence-electron chi connectivity index (χ2n) is 4.20. The highest BCUT2D eigenvalue weighted by molar-refractivity contribution is 5.62. The molecule has 0 saturated heterocycles. The fourth-order valence-corrected chi connectivity index (χ4v) is 1.82. The summed E-state index contributed by atoms with van der Waals surface area (Å²) in [6.45, 7) is 5.22. The number of aryl methyl sites for hydroxylation is 1. The van der Waals surface area contributed by atoms with Gasteiger partial charge in [0.1, 0.15) is 12.4 Å². The molecule has 0 bridgehead atoms. The van der Waals surface area contributed by atoms with Crippen molar-refractivity contribution in [3.63, 3.8) is 0 Å². The number of aromatic nitrogens is 3. The summed E-state index contributed by atoms with van der Waals surface area (Å²) in [5.41, 5.74) is 2.88. The van der Waals surface area contributed by atoms with E-state index in [0.717, 1.165) is 29.3 Å². The number of rotatable bonds is 5. The molecule has 5 heteroatoms. The number of methoxy groups -OCH3 is 1. The highest BCUT2D eigenvalue weighted by Crippen LogP contribution is 2.20. The van der Waals surface area contributed by atoms with E-state index in [-0.39, 0.29) is 0 Å². The van der Waals surface area contributed by atoms with Crippen LogP contribution in [0.3, 0.4) is 0 Å². The minimum absolute atomic E-state index is 0.399. The van der Waals surface area contributed by atoms with Crippen molar-refractivity contribution in [3.8, 4) is 11.3 Å². The molecule has 0 unspecified atom stereocenters. The molecule has 0 aliphatic heterocycles. The molecule has 0 amide bonds. The van der Waals surface area contributed by atoms with Crippen molar-refractivity contribution in [3.05, 3.63) is 35.9 Å². The topological polar surface area (TPSA) is 59.9 Å². The van der Waals surface area contributed by atoms with E-state index >= 15 is 0 Å². The Bertz CT molecular complexity index is 533. The molecule has 0 fully saturated rings. The Morgan fingerprint density at radius 3 is 2.79 bits per heavy atom. The average molecular weight is 258 g/mol. The number of pyridine rings is 1. The fourth-order valence-electron chi connectivity index (χ4n) is 1.82. The zero-order chi connectivity index (χ0) is 13.7. The molecule has 5 nitrogen and oxygen atoms in total. The van der Waals surface area contributed by atoms with Gasteiger partial charge in [0.05, 0.1) is 5.69 Å². The monoisotopic (exact) mass is 258 g/mol. The quantitative estimate of drug-likeness (QED) is 0.892. The summed E-state index contributed by atoms with van der Waals surface area (Å²) in [4.78, 5) is 13.1. The van der Waals surface area contributed by atoms with E-state index in [1.54, 1.807) is 13.3 Å². The number of hydrogen-bond donors (Lipinski definition) is 1. The first-order chi connectivity index (χ1) is 9.22. The summed E-state index contributed by atoms with van der Waals surface area (Å²) in [5, 5.41) is 3.21. The van der Waals surface area contributed by atoms with Crippen molar-refractivity contribution in [2.75, 3.05) is 19.0 Å². The first-order valence-electron chi connectivity index (χ1n) is 6.26. The lowest BCUT2D eigenvalue weighted by atomic mass is 10.1. The Balaban J connectivity index is 2.43. The van der Waals surface area contributed by atoms with Crippen molar-refractivity contribution < 1.29 is 4.74 Å². The molecule has 2 aromatic heterocycles. The first kappa shape index (κ1) is 13.4. The van der Waals surface area contributed by atoms with E-state index < -0.39 is 0 Å². The molecule has 19 heavy (non-hydrogen) atoms. The lowest BCUT2D eigenvalue weighted by Gasteiger charge is -2.09. The standard InChI is InChI=1S/C14H18N4O/c1-4-15-13-8-12(17-14(18-13)9-19-3)11-5-6-16-10(2)7-11/h5-8H,4,9H2,1-3H3,(H,15,17,18). The normalized spacial score (nSPS) is 10.5. The Morgan fingerprint density at radius 1 is 1.26 bits per heavy atom. The van der Waals surface area contributed by atoms with Crippen molar-refractivity contribution >= 4 is 5.82 Å². The van der Waals surface area contributed by atoms with E-state index in [2.05, 4.69) is 20.3 Å². The number of nitrogens with one attached hydrogen (secondary N) is 1. The minimum atomic E-state index is 0.399. The molecule has 2 rings (SSSR count). The smallest absolute Gasteiger partial charge is 0.157 e. The zero-order valence-electron chi connectivity index (χ0n) is 11.5. The Kier molecular flexibility index (Phi) is 4.41. The second-order valence-corrected chi connectivity index (χ2v) is 4.20. The Hall–Kier alpha value is -2.01. The molecule has 100 valence electrons. The molecule has 0 spiro atoms. The zero-order valence-corrected chi connectivity index (χ0v) is 11.5. The van der Waals surface area contributed by atoms with Gasteiger partial charge in [-0.05, 0) is 26.0 Å². The summed E-state index contributed by atoms with van der Waals surface area (Å²) < 4.78 is 5.11. The van der Waals surface area contributed by atoms with Gasteiger partial charge >= 0.3 is 0 Å². The molecule has 0 aliphatic rings. The van der Waals surface area contributed by atoms with Gasteiger partial charge in [-0.25, -0.2) is 9.97 Å². The average Bonchev–Trinajstić information content (AvgIpc) is 2.39. The third-order valence-corrected chi connectivity index (χ3v) is 2.60. The number of nitrogens with zero attached hydrogens (tertiary/aromatic N) is 3. The first-order valence-corrected chi connectivity index (χ1v) is 6.26. The van der Waals surface area contributed by atoms with Crippen LogP contribution in [0.4, 0.5) is 5.82 Å². The number of ether oxygens (including phenoxy) is 1. The van der Waals surface area contributed by atoms with Gasteiger partial charge in [-0.3, -0.25) is 4.98 Å². The van der Waals surface area contributed by atoms with E-state index in [1.165, 1.54) is 0 Å². The number of anilines is 1. The molecule has 0 aliphatic carbocycles. The SMILES string of the molecule is CCNc1cc(-c2ccnc(C)c2)nc(COC)n1. The molecular weight excluding hydrogens is 240 g/mol. The third-order valence-electron chi connectivity index (χ3n) is 2.60. The van der Waals surface area contributed by atoms with E-state index in [0.29, 0.717) is 12.4 Å². The molecule has 0 saturated carbocycles. The lowest BCUT2D eigenvalue weighted by Crippen LogP contribution is -2.05. The van der Waals surface area contributed by atoms with Crippen LogP contribution in [0, 0.1) is 6.92 Å². The van der Waals surface area contributed by atoms with Gasteiger partial charge in [0, 0.05) is 37.2 Å². The van der Waals surface area contributed by atoms with E-state index in [4.69, 9.17) is 4.74 Å². The van der Waals surface area contributed by atoms with Crippen LogP contribution in [0.15, 0.2) is 24.4 Å². The maximum absolute atomic E-state index is 5.11. The van der Waals surface area contributed by atoms with Crippen molar-refractivity contribution in [1.82, 2.24) is 15.0 Å². The molecule has 2 heterocycles. The van der Waals surface area contributed by atoms with E-state index in [1.807, 2.05) is 32.0 Å². The van der Waals surface area contributed by atoms with Gasteiger partial charge in [0.2, 0.25) is 0 Å². The molecule has 0 radical (unpaired) electrons. The van der Waals surface area contributed by atoms with Crippen LogP contribution < -0.4 is 5.32 Å². The number of hydrogen-bond acceptors (Lipinski definition) is 5. The van der Waals surface area contributed by atoms with E-state index in [9.17, 15) is 0 Å². The maximum Gasteiger partial charge on any atom is 0.157 e. The van der Waals surface area contributed by atoms with Crippen LogP contribution >= 0.6 is 0 Å². The molecule has 0 aromatic carbocycles. The summed E-state index contributed by atoms with van der Waals surface area (Å²) in [6, 6.07) is 5.90. The second kappa shape index (κ2) is 6.24. The lowest BCUT2D eigenvalue weighted by molar-refractivity contribution is 0.178. The Morgan fingerprint density at radius 2 is 2.11 bits per heavy atom. The molecular formula is C14H18N4O. The van der Waals surface area contributed by atoms with Gasteiger partial charge < -0.3 is 10.1 Å². The van der Waals surface area contributed by atoms with Crippen LogP contribution in [0.5, 0.6) is 0 Å². The van der Waals surface area contributed by atoms with Crippen LogP contribution in [-0.2, 0) is 11.3 Å². The van der Waals surface area contributed by atoms with Gasteiger partial charge in [0.15, 0.2) is 5.82 Å². The van der Waals surface area contributed by atoms with Crippen LogP contribution in [0.2, 0.25) is 0 Å². The highest BCUT2D eigenvalue weighted by Gasteiger charge is 2.06. The largest absolute Gasteiger partial charge is 0.377 e. The maximum atomic E-state index is 5.11. The summed E-state index contributed by atoms with van der Waals surface area (Å²) in [6.07, 6.45) is 1.79. The van der Waals surface area contributed by atoms with Gasteiger partial charge in [-0.2, -0.15) is 0 Å². The summed E-state index contributed by atoms with van der Waals surface area (Å²) in [7, 11) is 1.64. The fraction of sp³-hybridized carbons (Fsp3) is 0.357. The van der Waals surface area contributed by atoms with Crippen LogP contribution in [-0.4, -0.2) is 28.6 Å². The van der Waals surface area contributed by atoms with Crippen LogP contribution in [0.1, 0.15) is 18.4 Å². The Labute approximate surface area is 113 Å². The van der Waals surface area contributed by atoms with Gasteiger partial charge in [0.25, 0.3) is 0 Å². The predicted octanol–water partition coefficient (Wildman–Crippen LogP) is 2.43. The summed E-state index contributed by atoms with van der Waals surface area (Å²) >= 11 is 0. The van der Waals surface area contributed by atoms with Gasteiger partial charge in [-0.1, -0.05) is 0 Å². The molecule has 1 N–H and O–H groups in total. The highest BCUT2D eigenvalue weighted by atomic mass is 16.5.